The van der Waals surface area contributed by atoms with Crippen molar-refractivity contribution in [2.75, 3.05) is 5.73 Å². The number of aliphatic hydroxyl groups excluding tert-OH is 1. The molecule has 0 bridgehead atoms. The minimum Gasteiger partial charge on any atom is -0.397 e. The van der Waals surface area contributed by atoms with Crippen molar-refractivity contribution in [2.24, 2.45) is 0 Å². The minimum atomic E-state index is -2.68. The highest BCUT2D eigenvalue weighted by atomic mass is 127. The highest BCUT2D eigenvalue weighted by molar-refractivity contribution is 14.1. The van der Waals surface area contributed by atoms with Crippen LogP contribution >= 0.6 is 22.6 Å². The molecule has 0 atom stereocenters. The maximum absolute atomic E-state index is 12.3. The molecule has 0 saturated heterocycles. The van der Waals surface area contributed by atoms with Crippen LogP contribution in [0.15, 0.2) is 6.20 Å². The van der Waals surface area contributed by atoms with E-state index < -0.39 is 18.7 Å². The van der Waals surface area contributed by atoms with Crippen LogP contribution in [0.2, 0.25) is 0 Å². The fourth-order valence-electron chi connectivity index (χ4n) is 0.899. The van der Waals surface area contributed by atoms with Crippen molar-refractivity contribution in [3.63, 3.8) is 0 Å². The molecule has 1 aromatic heterocycles. The molecule has 0 unspecified atom stereocenters. The van der Waals surface area contributed by atoms with E-state index in [9.17, 15) is 8.78 Å². The third-order valence-corrected chi connectivity index (χ3v) is 2.81. The molecule has 1 aromatic rings. The Hall–Kier alpha value is -0.500. The van der Waals surface area contributed by atoms with Crippen molar-refractivity contribution >= 4 is 28.3 Å². The Bertz CT molecular complexity index is 320. The second kappa shape index (κ2) is 4.14. The molecule has 0 fully saturated rings. The summed E-state index contributed by atoms with van der Waals surface area (Å²) in [5.74, 6) is 0. The van der Waals surface area contributed by atoms with Crippen LogP contribution in [0.4, 0.5) is 14.5 Å². The lowest BCUT2D eigenvalue weighted by Crippen LogP contribution is -2.04. The number of aromatic nitrogens is 1. The van der Waals surface area contributed by atoms with Crippen LogP contribution in [0.3, 0.4) is 0 Å². The van der Waals surface area contributed by atoms with Crippen molar-refractivity contribution in [2.45, 2.75) is 13.0 Å². The number of anilines is 1. The number of nitrogens with two attached hydrogens (primary N) is 1. The number of hydrogen-bond acceptors (Lipinski definition) is 3. The largest absolute Gasteiger partial charge is 0.397 e. The number of aliphatic hydroxyl groups is 1. The molecule has 72 valence electrons. The fraction of sp³-hybridized carbons (Fsp3) is 0.286. The number of rotatable bonds is 2. The number of nitrogen functional groups attached to an aromatic ring is 1. The molecule has 0 amide bonds. The fourth-order valence-corrected chi connectivity index (χ4v) is 1.48. The average Bonchev–Trinajstić information content (AvgIpc) is 2.09. The smallest absolute Gasteiger partial charge is 0.280 e. The van der Waals surface area contributed by atoms with Gasteiger partial charge in [0.25, 0.3) is 6.43 Å². The van der Waals surface area contributed by atoms with Crippen molar-refractivity contribution in [1.29, 1.82) is 0 Å². The molecule has 1 rings (SSSR count). The molecule has 3 nitrogen and oxygen atoms in total. The summed E-state index contributed by atoms with van der Waals surface area (Å²) in [5, 5.41) is 8.84. The van der Waals surface area contributed by atoms with E-state index in [-0.39, 0.29) is 5.56 Å². The Morgan fingerprint density at radius 2 is 2.23 bits per heavy atom. The number of hydrogen-bond donors (Lipinski definition) is 2. The average molecular weight is 300 g/mol. The second-order valence-electron chi connectivity index (χ2n) is 2.35. The molecule has 1 heterocycles. The third kappa shape index (κ3) is 2.05. The zero-order valence-corrected chi connectivity index (χ0v) is 8.62. The van der Waals surface area contributed by atoms with Gasteiger partial charge in [0.15, 0.2) is 0 Å². The van der Waals surface area contributed by atoms with Gasteiger partial charge in [-0.25, -0.2) is 8.78 Å². The van der Waals surface area contributed by atoms with Crippen LogP contribution in [0.5, 0.6) is 0 Å². The first-order valence-electron chi connectivity index (χ1n) is 3.39. The van der Waals surface area contributed by atoms with Crippen LogP contribution in [-0.2, 0) is 6.61 Å². The summed E-state index contributed by atoms with van der Waals surface area (Å²) in [6, 6.07) is 0. The number of nitrogens with zero attached hydrogens (tertiary/aromatic N) is 1. The molecular weight excluding hydrogens is 293 g/mol. The highest BCUT2D eigenvalue weighted by Crippen LogP contribution is 2.27. The molecule has 0 aliphatic rings. The topological polar surface area (TPSA) is 59.1 Å². The van der Waals surface area contributed by atoms with E-state index in [0.717, 1.165) is 0 Å². The van der Waals surface area contributed by atoms with Crippen molar-refractivity contribution in [3.8, 4) is 0 Å². The first-order chi connectivity index (χ1) is 6.07. The molecule has 6 heteroatoms. The van der Waals surface area contributed by atoms with Gasteiger partial charge in [-0.3, -0.25) is 4.98 Å². The zero-order chi connectivity index (χ0) is 10.0. The molecule has 0 radical (unpaired) electrons. The summed E-state index contributed by atoms with van der Waals surface area (Å²) in [6.45, 7) is -0.476. The Balaban J connectivity index is 3.30. The van der Waals surface area contributed by atoms with Crippen LogP contribution < -0.4 is 5.73 Å². The van der Waals surface area contributed by atoms with Crippen molar-refractivity contribution < 1.29 is 13.9 Å². The van der Waals surface area contributed by atoms with E-state index in [0.29, 0.717) is 9.26 Å². The van der Waals surface area contributed by atoms with Gasteiger partial charge in [0.2, 0.25) is 0 Å². The summed E-state index contributed by atoms with van der Waals surface area (Å²) < 4.78 is 25.1. The molecule has 0 saturated carbocycles. The van der Waals surface area contributed by atoms with Gasteiger partial charge in [0.05, 0.1) is 18.5 Å². The molecule has 0 spiro atoms. The maximum atomic E-state index is 12.3. The monoisotopic (exact) mass is 300 g/mol. The van der Waals surface area contributed by atoms with E-state index in [1.165, 1.54) is 6.20 Å². The van der Waals surface area contributed by atoms with E-state index in [1.807, 2.05) is 0 Å². The standard InChI is InChI=1S/C7H7F2IN2O/c8-7(9)6-3(2-13)5(10)4(11)1-12-6/h1,7,13H,2,11H2. The first-order valence-corrected chi connectivity index (χ1v) is 4.47. The van der Waals surface area contributed by atoms with Crippen LogP contribution in [-0.4, -0.2) is 10.1 Å². The SMILES string of the molecule is Nc1cnc(C(F)F)c(CO)c1I. The van der Waals surface area contributed by atoms with E-state index in [4.69, 9.17) is 10.8 Å². The van der Waals surface area contributed by atoms with Gasteiger partial charge in [-0.1, -0.05) is 0 Å². The molecule has 13 heavy (non-hydrogen) atoms. The van der Waals surface area contributed by atoms with Gasteiger partial charge < -0.3 is 10.8 Å². The highest BCUT2D eigenvalue weighted by Gasteiger charge is 2.17. The molecule has 0 aliphatic carbocycles. The summed E-state index contributed by atoms with van der Waals surface area (Å²) in [4.78, 5) is 3.47. The normalized spacial score (nSPS) is 10.8. The van der Waals surface area contributed by atoms with Gasteiger partial charge in [0, 0.05) is 9.13 Å². The second-order valence-corrected chi connectivity index (χ2v) is 3.43. The summed E-state index contributed by atoms with van der Waals surface area (Å²) >= 11 is 1.81. The molecular formula is C7H7F2IN2O. The van der Waals surface area contributed by atoms with E-state index >= 15 is 0 Å². The quantitative estimate of drug-likeness (QED) is 0.817. The van der Waals surface area contributed by atoms with E-state index in [1.54, 1.807) is 22.6 Å². The molecule has 3 N–H and O–H groups in total. The van der Waals surface area contributed by atoms with Crippen LogP contribution in [0, 0.1) is 3.57 Å². The summed E-state index contributed by atoms with van der Waals surface area (Å²) in [5.41, 5.74) is 5.44. The van der Waals surface area contributed by atoms with Gasteiger partial charge >= 0.3 is 0 Å². The van der Waals surface area contributed by atoms with Gasteiger partial charge in [-0.15, -0.1) is 0 Å². The number of pyridine rings is 1. The third-order valence-electron chi connectivity index (χ3n) is 1.54. The Morgan fingerprint density at radius 1 is 1.62 bits per heavy atom. The van der Waals surface area contributed by atoms with E-state index in [2.05, 4.69) is 4.98 Å². The maximum Gasteiger partial charge on any atom is 0.280 e. The Kier molecular flexibility index (Phi) is 3.37. The lowest BCUT2D eigenvalue weighted by molar-refractivity contribution is 0.141. The van der Waals surface area contributed by atoms with Gasteiger partial charge in [-0.05, 0) is 22.6 Å². The van der Waals surface area contributed by atoms with Crippen molar-refractivity contribution in [1.82, 2.24) is 4.98 Å². The first kappa shape index (κ1) is 10.6. The number of halogens is 3. The minimum absolute atomic E-state index is 0.107. The Labute approximate surface area is 87.1 Å². The summed E-state index contributed by atoms with van der Waals surface area (Å²) in [7, 11) is 0. The van der Waals surface area contributed by atoms with Crippen molar-refractivity contribution in [3.05, 3.63) is 21.0 Å². The van der Waals surface area contributed by atoms with Crippen LogP contribution in [0.1, 0.15) is 17.7 Å². The number of alkyl halides is 2. The lowest BCUT2D eigenvalue weighted by Gasteiger charge is -2.09. The summed E-state index contributed by atoms with van der Waals surface area (Å²) in [6.07, 6.45) is -1.51. The van der Waals surface area contributed by atoms with Gasteiger partial charge in [-0.2, -0.15) is 0 Å². The molecule has 0 aromatic carbocycles. The zero-order valence-electron chi connectivity index (χ0n) is 6.47. The molecule has 0 aliphatic heterocycles. The predicted octanol–water partition coefficient (Wildman–Crippen LogP) is 1.70. The predicted molar refractivity (Wildman–Crippen MR) is 52.2 cm³/mol. The van der Waals surface area contributed by atoms with Crippen LogP contribution in [0.25, 0.3) is 0 Å². The Morgan fingerprint density at radius 3 is 2.69 bits per heavy atom. The van der Waals surface area contributed by atoms with Gasteiger partial charge in [0.1, 0.15) is 5.69 Å². The lowest BCUT2D eigenvalue weighted by atomic mass is 10.2.